The molecule has 25 heavy (non-hydrogen) atoms. The summed E-state index contributed by atoms with van der Waals surface area (Å²) in [4.78, 5) is 31.7. The van der Waals surface area contributed by atoms with Crippen LogP contribution in [0.4, 0.5) is 0 Å². The first-order chi connectivity index (χ1) is 10.6. The van der Waals surface area contributed by atoms with Crippen LogP contribution in [0.5, 0.6) is 0 Å². The normalized spacial score (nSPS) is 8.80. The van der Waals surface area contributed by atoms with Crippen molar-refractivity contribution in [2.75, 3.05) is 0 Å². The Kier molecular flexibility index (Phi) is 33.8. The van der Waals surface area contributed by atoms with E-state index in [4.69, 9.17) is 92.8 Å². The van der Waals surface area contributed by atoms with E-state index in [1.165, 1.54) is 0 Å². The number of carboxylic acids is 4. The maximum Gasteiger partial charge on any atom is 4.00 e. The van der Waals surface area contributed by atoms with Crippen molar-refractivity contribution in [3.05, 3.63) is 0 Å². The molecule has 0 saturated heterocycles. The van der Waals surface area contributed by atoms with Crippen molar-refractivity contribution in [3.63, 3.8) is 0 Å². The summed E-state index contributed by atoms with van der Waals surface area (Å²) < 4.78 is 0. The van der Waals surface area contributed by atoms with Crippen molar-refractivity contribution in [2.45, 2.75) is 19.3 Å². The first kappa shape index (κ1) is 36.8. The zero-order valence-electron chi connectivity index (χ0n) is 11.1. The van der Waals surface area contributed by atoms with Gasteiger partial charge < -0.3 is 39.6 Å². The Morgan fingerprint density at radius 2 is 0.480 bits per heavy atom. The van der Waals surface area contributed by atoms with Gasteiger partial charge in [-0.25, -0.2) is 0 Å². The van der Waals surface area contributed by atoms with Crippen LogP contribution in [0.2, 0.25) is 0 Å². The molecule has 0 rings (SSSR count). The summed E-state index contributed by atoms with van der Waals surface area (Å²) in [6.45, 7) is 0. The Morgan fingerprint density at radius 1 is 0.440 bits per heavy atom. The Morgan fingerprint density at radius 3 is 0.480 bits per heavy atom. The molecule has 0 bridgehead atoms. The molecule has 0 N–H and O–H groups in total. The minimum atomic E-state index is -1.46. The third kappa shape index (κ3) is 45.7. The number of aliphatic carboxylic acids is 4. The molecule has 0 unspecified atom stereocenters. The number of hydrogen-bond donors (Lipinski definition) is 0. The second-order valence-electron chi connectivity index (χ2n) is 2.48. The summed E-state index contributed by atoms with van der Waals surface area (Å²) in [7, 11) is 0. The first-order valence-electron chi connectivity index (χ1n) is 4.53. The van der Waals surface area contributed by atoms with Crippen molar-refractivity contribution in [1.82, 2.24) is 0 Å². The SMILES string of the molecule is O=C([O-])C(Cl)Cl.O=C([O-])C(Cl)Cl.O=C([O-])C(Cl)Cl.O=C([O-])C(Cl)Cl.[Ti+4]. The summed E-state index contributed by atoms with van der Waals surface area (Å²) in [5.74, 6) is -5.84. The molecule has 0 aliphatic heterocycles. The summed E-state index contributed by atoms with van der Waals surface area (Å²) in [6.07, 6.45) is 0. The maximum atomic E-state index is 9.32. The standard InChI is InChI=1S/4C2H2Cl2O2.Ti/c4*3-1(4)2(5)6;/h4*1H,(H,5,6);/q;;;;+4/p-4. The molecule has 8 nitrogen and oxygen atoms in total. The zero-order chi connectivity index (χ0) is 20.6. The van der Waals surface area contributed by atoms with Crippen molar-refractivity contribution in [2.24, 2.45) is 0 Å². The van der Waals surface area contributed by atoms with Gasteiger partial charge in [-0.2, -0.15) is 0 Å². The van der Waals surface area contributed by atoms with E-state index in [1.54, 1.807) is 0 Å². The smallest absolute Gasteiger partial charge is 0.547 e. The van der Waals surface area contributed by atoms with E-state index in [1.807, 2.05) is 0 Å². The van der Waals surface area contributed by atoms with Gasteiger partial charge in [-0.3, -0.25) is 0 Å². The Labute approximate surface area is 196 Å². The number of carboxylic acid groups (broad SMARTS) is 4. The maximum absolute atomic E-state index is 9.32. The van der Waals surface area contributed by atoms with Crippen molar-refractivity contribution in [3.8, 4) is 0 Å². The molecule has 0 aromatic rings. The van der Waals surface area contributed by atoms with Crippen molar-refractivity contribution < 1.29 is 61.3 Å². The third-order valence-electron chi connectivity index (χ3n) is 0.713. The fraction of sp³-hybridized carbons (Fsp3) is 0.500. The predicted octanol–water partition coefficient (Wildman–Crippen LogP) is -1.84. The second kappa shape index (κ2) is 23.0. The number of carbonyl (C=O) groups is 4. The van der Waals surface area contributed by atoms with Gasteiger partial charge >= 0.3 is 21.7 Å². The summed E-state index contributed by atoms with van der Waals surface area (Å²) in [5, 5.41) is 37.3. The van der Waals surface area contributed by atoms with Gasteiger partial charge in [0.1, 0.15) is 19.3 Å². The Bertz CT molecular complexity index is 320. The van der Waals surface area contributed by atoms with E-state index in [0.29, 0.717) is 0 Å². The van der Waals surface area contributed by atoms with Gasteiger partial charge in [0.05, 0.1) is 23.9 Å². The van der Waals surface area contributed by atoms with E-state index in [2.05, 4.69) is 0 Å². The van der Waals surface area contributed by atoms with E-state index < -0.39 is 43.2 Å². The van der Waals surface area contributed by atoms with Gasteiger partial charge in [0.2, 0.25) is 0 Å². The topological polar surface area (TPSA) is 161 Å². The fourth-order valence-corrected chi connectivity index (χ4v) is 0. The molecule has 0 spiro atoms. The molecule has 0 saturated carbocycles. The molecule has 0 aromatic carbocycles. The van der Waals surface area contributed by atoms with E-state index in [-0.39, 0.29) is 21.7 Å². The van der Waals surface area contributed by atoms with Crippen LogP contribution in [-0.2, 0) is 40.9 Å². The molecule has 0 aliphatic carbocycles. The Hall–Kier alpha value is 0.914. The molecule has 0 aromatic heterocycles. The summed E-state index contributed by atoms with van der Waals surface area (Å²) in [5.41, 5.74) is 0. The van der Waals surface area contributed by atoms with Gasteiger partial charge in [0.15, 0.2) is 0 Å². The second-order valence-corrected chi connectivity index (χ2v) is 6.86. The first-order valence-corrected chi connectivity index (χ1v) is 8.02. The van der Waals surface area contributed by atoms with Crippen LogP contribution in [-0.4, -0.2) is 43.2 Å². The van der Waals surface area contributed by atoms with Crippen molar-refractivity contribution >= 4 is 117 Å². The molecule has 144 valence electrons. The Balaban J connectivity index is -0.0000000702. The van der Waals surface area contributed by atoms with Gasteiger partial charge in [-0.15, -0.1) is 0 Å². The van der Waals surface area contributed by atoms with Crippen LogP contribution in [0.15, 0.2) is 0 Å². The minimum absolute atomic E-state index is 0. The molecule has 0 atom stereocenters. The molecule has 0 aliphatic rings. The van der Waals surface area contributed by atoms with Crippen LogP contribution in [0, 0.1) is 0 Å². The molecule has 0 fully saturated rings. The fourth-order valence-electron chi connectivity index (χ4n) is 0. The number of alkyl halides is 8. The minimum Gasteiger partial charge on any atom is -0.547 e. The predicted molar refractivity (Wildman–Crippen MR) is 82.0 cm³/mol. The molecular formula is C8H4Cl8O8Ti. The van der Waals surface area contributed by atoms with Crippen LogP contribution < -0.4 is 20.4 Å². The summed E-state index contributed by atoms with van der Waals surface area (Å²) in [6, 6.07) is 0. The van der Waals surface area contributed by atoms with Gasteiger partial charge in [-0.05, 0) is 0 Å². The van der Waals surface area contributed by atoms with Gasteiger partial charge in [0, 0.05) is 0 Å². The average Bonchev–Trinajstić information content (AvgIpc) is 2.40. The molecule has 17 heteroatoms. The van der Waals surface area contributed by atoms with Gasteiger partial charge in [0.25, 0.3) is 0 Å². The van der Waals surface area contributed by atoms with Crippen LogP contribution in [0.3, 0.4) is 0 Å². The average molecular weight is 560 g/mol. The largest absolute Gasteiger partial charge is 4.00 e. The zero-order valence-corrected chi connectivity index (χ0v) is 18.7. The number of hydrogen-bond acceptors (Lipinski definition) is 8. The number of rotatable bonds is 4. The molecule has 0 heterocycles. The monoisotopic (exact) mass is 556 g/mol. The molecule has 0 amide bonds. The molecule has 0 radical (unpaired) electrons. The van der Waals surface area contributed by atoms with E-state index in [0.717, 1.165) is 0 Å². The number of halogens is 8. The van der Waals surface area contributed by atoms with Crippen LogP contribution >= 0.6 is 92.8 Å². The molecular weight excluding hydrogens is 556 g/mol. The van der Waals surface area contributed by atoms with Gasteiger partial charge in [-0.1, -0.05) is 92.8 Å². The van der Waals surface area contributed by atoms with Crippen LogP contribution in [0.25, 0.3) is 0 Å². The van der Waals surface area contributed by atoms with E-state index >= 15 is 0 Å². The van der Waals surface area contributed by atoms with E-state index in [9.17, 15) is 39.6 Å². The number of carbonyl (C=O) groups excluding carboxylic acids is 4. The third-order valence-corrected chi connectivity index (χ3v) is 2.14. The summed E-state index contributed by atoms with van der Waals surface area (Å²) >= 11 is 37.7. The quantitative estimate of drug-likeness (QED) is 0.287. The van der Waals surface area contributed by atoms with Crippen molar-refractivity contribution in [1.29, 1.82) is 0 Å². The van der Waals surface area contributed by atoms with Crippen LogP contribution in [0.1, 0.15) is 0 Å².